The van der Waals surface area contributed by atoms with Crippen molar-refractivity contribution in [3.63, 3.8) is 0 Å². The molecule has 0 unspecified atom stereocenters. The molecule has 0 radical (unpaired) electrons. The first-order valence-electron chi connectivity index (χ1n) is 8.97. The van der Waals surface area contributed by atoms with Crippen LogP contribution in [-0.4, -0.2) is 57.9 Å². The van der Waals surface area contributed by atoms with Crippen LogP contribution in [0.5, 0.6) is 0 Å². The maximum absolute atomic E-state index is 12.8. The van der Waals surface area contributed by atoms with Gasteiger partial charge in [0.25, 0.3) is 5.91 Å². The summed E-state index contributed by atoms with van der Waals surface area (Å²) in [5.74, 6) is 0.542. The Morgan fingerprint density at radius 2 is 1.80 bits per heavy atom. The lowest BCUT2D eigenvalue weighted by atomic mass is 10.2. The number of fused-ring (bicyclic) bond motifs is 1. The minimum Gasteiger partial charge on any atom is -0.337 e. The number of carbonyl (C=O) groups is 1. The number of benzene rings is 1. The molecule has 2 saturated heterocycles. The first-order chi connectivity index (χ1) is 12.3. The van der Waals surface area contributed by atoms with Crippen LogP contribution in [0, 0.1) is 0 Å². The van der Waals surface area contributed by atoms with Gasteiger partial charge >= 0.3 is 0 Å². The molecule has 0 aliphatic carbocycles. The molecule has 0 bridgehead atoms. The fraction of sp³-hybridized carbons (Fsp3) is 0.421. The van der Waals surface area contributed by atoms with Crippen LogP contribution in [0.4, 0.5) is 11.6 Å². The van der Waals surface area contributed by atoms with Crippen molar-refractivity contribution in [2.75, 3.05) is 31.5 Å². The minimum atomic E-state index is 0.0417. The van der Waals surface area contributed by atoms with Gasteiger partial charge in [-0.2, -0.15) is 0 Å². The average Bonchev–Trinajstić information content (AvgIpc) is 2.99. The Hall–Kier alpha value is -2.47. The van der Waals surface area contributed by atoms with Crippen LogP contribution in [-0.2, 0) is 0 Å². The van der Waals surface area contributed by atoms with Crippen molar-refractivity contribution in [3.8, 4) is 0 Å². The molecule has 1 aromatic carbocycles. The van der Waals surface area contributed by atoms with Crippen LogP contribution in [0.15, 0.2) is 42.7 Å². The fourth-order valence-corrected chi connectivity index (χ4v) is 3.73. The topological polar surface area (TPSA) is 61.4 Å². The van der Waals surface area contributed by atoms with E-state index < -0.39 is 0 Å². The molecule has 25 heavy (non-hydrogen) atoms. The highest BCUT2D eigenvalue weighted by molar-refractivity contribution is 5.93. The van der Waals surface area contributed by atoms with Crippen molar-refractivity contribution >= 4 is 17.5 Å². The molecule has 1 aromatic heterocycles. The second-order valence-electron chi connectivity index (χ2n) is 6.72. The standard InChI is InChI=1S/C19H23N5O/c25-18(24-11-5-10-23-9-4-8-17(23)14-24)15-12-20-19(21-13-15)22-16-6-2-1-3-7-16/h1-3,6-7,12-13,17H,4-5,8-11,14H2,(H,20,21,22)/t17-/m0/s1. The predicted octanol–water partition coefficient (Wildman–Crippen LogP) is 2.53. The zero-order valence-corrected chi connectivity index (χ0v) is 14.3. The van der Waals surface area contributed by atoms with Crippen LogP contribution in [0.25, 0.3) is 0 Å². The zero-order chi connectivity index (χ0) is 17.1. The summed E-state index contributed by atoms with van der Waals surface area (Å²) in [5.41, 5.74) is 1.49. The van der Waals surface area contributed by atoms with Gasteiger partial charge in [0.05, 0.1) is 5.56 Å². The molecule has 6 heteroatoms. The van der Waals surface area contributed by atoms with Crippen molar-refractivity contribution < 1.29 is 4.79 Å². The van der Waals surface area contributed by atoms with Gasteiger partial charge in [0, 0.05) is 43.8 Å². The molecule has 2 aliphatic heterocycles. The Bertz CT molecular complexity index is 718. The Morgan fingerprint density at radius 1 is 1.04 bits per heavy atom. The third-order valence-corrected chi connectivity index (χ3v) is 5.02. The minimum absolute atomic E-state index is 0.0417. The summed E-state index contributed by atoms with van der Waals surface area (Å²) in [6, 6.07) is 10.3. The largest absolute Gasteiger partial charge is 0.337 e. The molecule has 0 spiro atoms. The number of hydrogen-bond donors (Lipinski definition) is 1. The van der Waals surface area contributed by atoms with Gasteiger partial charge in [-0.05, 0) is 37.9 Å². The number of nitrogens with one attached hydrogen (secondary N) is 1. The van der Waals surface area contributed by atoms with Crippen molar-refractivity contribution in [2.24, 2.45) is 0 Å². The third kappa shape index (κ3) is 3.64. The van der Waals surface area contributed by atoms with Crippen molar-refractivity contribution in [3.05, 3.63) is 48.3 Å². The number of carbonyl (C=O) groups excluding carboxylic acids is 1. The molecule has 1 atom stereocenters. The van der Waals surface area contributed by atoms with Crippen LogP contribution < -0.4 is 5.32 Å². The maximum atomic E-state index is 12.8. The van der Waals surface area contributed by atoms with E-state index in [1.165, 1.54) is 19.4 Å². The first kappa shape index (κ1) is 16.0. The molecule has 0 saturated carbocycles. The Balaban J connectivity index is 1.43. The molecule has 1 N–H and O–H groups in total. The van der Waals surface area contributed by atoms with Crippen LogP contribution in [0.1, 0.15) is 29.6 Å². The first-order valence-corrected chi connectivity index (χ1v) is 8.97. The number of hydrogen-bond acceptors (Lipinski definition) is 5. The van der Waals surface area contributed by atoms with Gasteiger partial charge in [0.2, 0.25) is 5.95 Å². The Kier molecular flexibility index (Phi) is 4.61. The monoisotopic (exact) mass is 337 g/mol. The normalized spacial score (nSPS) is 20.8. The number of nitrogens with zero attached hydrogens (tertiary/aromatic N) is 4. The van der Waals surface area contributed by atoms with Crippen molar-refractivity contribution in [1.82, 2.24) is 19.8 Å². The van der Waals surface area contributed by atoms with Gasteiger partial charge in [0.15, 0.2) is 0 Å². The summed E-state index contributed by atoms with van der Waals surface area (Å²) in [7, 11) is 0. The van der Waals surface area contributed by atoms with Crippen LogP contribution >= 0.6 is 0 Å². The molecule has 130 valence electrons. The molecule has 1 amide bonds. The highest BCUT2D eigenvalue weighted by Crippen LogP contribution is 2.22. The second-order valence-corrected chi connectivity index (χ2v) is 6.72. The number of para-hydroxylation sites is 1. The third-order valence-electron chi connectivity index (χ3n) is 5.02. The highest BCUT2D eigenvalue weighted by atomic mass is 16.2. The van der Waals surface area contributed by atoms with E-state index in [0.717, 1.165) is 31.7 Å². The fourth-order valence-electron chi connectivity index (χ4n) is 3.73. The summed E-state index contributed by atoms with van der Waals surface area (Å²) >= 11 is 0. The number of rotatable bonds is 3. The Morgan fingerprint density at radius 3 is 2.60 bits per heavy atom. The summed E-state index contributed by atoms with van der Waals surface area (Å²) in [6.07, 6.45) is 6.72. The summed E-state index contributed by atoms with van der Waals surface area (Å²) in [5, 5.41) is 3.14. The summed E-state index contributed by atoms with van der Waals surface area (Å²) in [6.45, 7) is 3.92. The number of amides is 1. The molecule has 2 fully saturated rings. The van der Waals surface area contributed by atoms with E-state index in [0.29, 0.717) is 17.6 Å². The van der Waals surface area contributed by atoms with Gasteiger partial charge < -0.3 is 10.2 Å². The molecular weight excluding hydrogens is 314 g/mol. The van der Waals surface area contributed by atoms with Gasteiger partial charge in [-0.15, -0.1) is 0 Å². The van der Waals surface area contributed by atoms with E-state index in [2.05, 4.69) is 20.2 Å². The zero-order valence-electron chi connectivity index (χ0n) is 14.3. The Labute approximate surface area is 147 Å². The average molecular weight is 337 g/mol. The van der Waals surface area contributed by atoms with Gasteiger partial charge in [-0.1, -0.05) is 18.2 Å². The second kappa shape index (κ2) is 7.19. The smallest absolute Gasteiger partial charge is 0.257 e. The van der Waals surface area contributed by atoms with Gasteiger partial charge in [-0.25, -0.2) is 9.97 Å². The highest BCUT2D eigenvalue weighted by Gasteiger charge is 2.30. The van der Waals surface area contributed by atoms with Gasteiger partial charge in [-0.3, -0.25) is 9.69 Å². The predicted molar refractivity (Wildman–Crippen MR) is 96.9 cm³/mol. The lowest BCUT2D eigenvalue weighted by molar-refractivity contribution is 0.0742. The SMILES string of the molecule is O=C(c1cnc(Nc2ccccc2)nc1)N1CCCN2CCC[C@H]2C1. The van der Waals surface area contributed by atoms with Crippen LogP contribution in [0.2, 0.25) is 0 Å². The van der Waals surface area contributed by atoms with E-state index in [4.69, 9.17) is 0 Å². The van der Waals surface area contributed by atoms with Crippen LogP contribution in [0.3, 0.4) is 0 Å². The lowest BCUT2D eigenvalue weighted by Crippen LogP contribution is -2.39. The molecule has 2 aliphatic rings. The summed E-state index contributed by atoms with van der Waals surface area (Å²) in [4.78, 5) is 25.9. The van der Waals surface area contributed by atoms with E-state index in [1.54, 1.807) is 12.4 Å². The lowest BCUT2D eigenvalue weighted by Gasteiger charge is -2.25. The number of anilines is 2. The van der Waals surface area contributed by atoms with Crippen molar-refractivity contribution in [2.45, 2.75) is 25.3 Å². The molecule has 6 nitrogen and oxygen atoms in total. The van der Waals surface area contributed by atoms with Gasteiger partial charge in [0.1, 0.15) is 0 Å². The maximum Gasteiger partial charge on any atom is 0.257 e. The molecule has 2 aromatic rings. The van der Waals surface area contributed by atoms with E-state index in [-0.39, 0.29) is 5.91 Å². The molecule has 4 rings (SSSR count). The van der Waals surface area contributed by atoms with E-state index >= 15 is 0 Å². The van der Waals surface area contributed by atoms with Crippen molar-refractivity contribution in [1.29, 1.82) is 0 Å². The summed E-state index contributed by atoms with van der Waals surface area (Å²) < 4.78 is 0. The number of aromatic nitrogens is 2. The van der Waals surface area contributed by atoms with E-state index in [1.807, 2.05) is 35.2 Å². The molecule has 3 heterocycles. The quantitative estimate of drug-likeness (QED) is 0.932. The van der Waals surface area contributed by atoms with E-state index in [9.17, 15) is 4.79 Å². The molecular formula is C19H23N5O.